The van der Waals surface area contributed by atoms with E-state index in [1.165, 1.54) is 0 Å². The van der Waals surface area contributed by atoms with Crippen molar-refractivity contribution in [1.29, 1.82) is 0 Å². The first kappa shape index (κ1) is 13.0. The number of piperidine rings is 1. The Labute approximate surface area is 112 Å². The molecule has 3 heterocycles. The Morgan fingerprint density at radius 3 is 2.95 bits per heavy atom. The summed E-state index contributed by atoms with van der Waals surface area (Å²) in [6, 6.07) is 0. The number of rotatable bonds is 5. The molecule has 1 aromatic rings. The maximum Gasteiger partial charge on any atom is 0.229 e. The highest BCUT2D eigenvalue weighted by Crippen LogP contribution is 2.26. The number of nitrogens with one attached hydrogen (secondary N) is 1. The Morgan fingerprint density at radius 1 is 1.26 bits per heavy atom. The SMILES string of the molecule is C1COC(c2noc(CCOC3CCNCC3)n2)C1. The third kappa shape index (κ3) is 3.52. The Kier molecular flexibility index (Phi) is 4.42. The summed E-state index contributed by atoms with van der Waals surface area (Å²) in [7, 11) is 0. The van der Waals surface area contributed by atoms with Gasteiger partial charge in [0.05, 0.1) is 19.1 Å². The molecule has 2 saturated heterocycles. The van der Waals surface area contributed by atoms with Gasteiger partial charge < -0.3 is 19.3 Å². The molecule has 2 aliphatic rings. The monoisotopic (exact) mass is 267 g/mol. The maximum absolute atomic E-state index is 5.82. The molecular formula is C13H21N3O3. The summed E-state index contributed by atoms with van der Waals surface area (Å²) in [4.78, 5) is 4.38. The maximum atomic E-state index is 5.82. The van der Waals surface area contributed by atoms with E-state index in [0.29, 0.717) is 30.8 Å². The Balaban J connectivity index is 1.42. The number of hydrogen-bond acceptors (Lipinski definition) is 6. The van der Waals surface area contributed by atoms with Gasteiger partial charge in [-0.05, 0) is 38.8 Å². The molecular weight excluding hydrogens is 246 g/mol. The van der Waals surface area contributed by atoms with Crippen molar-refractivity contribution in [3.8, 4) is 0 Å². The largest absolute Gasteiger partial charge is 0.378 e. The van der Waals surface area contributed by atoms with Gasteiger partial charge in [-0.2, -0.15) is 4.98 Å². The number of ether oxygens (including phenoxy) is 2. The first-order valence-electron chi connectivity index (χ1n) is 7.18. The van der Waals surface area contributed by atoms with E-state index < -0.39 is 0 Å². The molecule has 106 valence electrons. The molecule has 19 heavy (non-hydrogen) atoms. The van der Waals surface area contributed by atoms with Gasteiger partial charge in [0.25, 0.3) is 0 Å². The minimum atomic E-state index is 0.0304. The standard InChI is InChI=1S/C13H21N3O3/c1-2-11(18-8-1)13-15-12(19-16-13)5-9-17-10-3-6-14-7-4-10/h10-11,14H,1-9H2. The molecule has 1 atom stereocenters. The van der Waals surface area contributed by atoms with Crippen molar-refractivity contribution >= 4 is 0 Å². The lowest BCUT2D eigenvalue weighted by Gasteiger charge is -2.22. The van der Waals surface area contributed by atoms with Gasteiger partial charge in [0.2, 0.25) is 11.7 Å². The molecule has 0 radical (unpaired) electrons. The van der Waals surface area contributed by atoms with Crippen molar-refractivity contribution in [3.63, 3.8) is 0 Å². The highest BCUT2D eigenvalue weighted by atomic mass is 16.5. The summed E-state index contributed by atoms with van der Waals surface area (Å²) in [5, 5.41) is 7.31. The molecule has 3 rings (SSSR count). The third-order valence-electron chi connectivity index (χ3n) is 3.66. The topological polar surface area (TPSA) is 69.4 Å². The molecule has 2 aliphatic heterocycles. The average Bonchev–Trinajstić information content (AvgIpc) is 3.10. The number of hydrogen-bond donors (Lipinski definition) is 1. The normalized spacial score (nSPS) is 24.9. The minimum Gasteiger partial charge on any atom is -0.378 e. The predicted octanol–water partition coefficient (Wildman–Crippen LogP) is 1.23. The van der Waals surface area contributed by atoms with Crippen LogP contribution < -0.4 is 5.32 Å². The zero-order chi connectivity index (χ0) is 12.9. The fraction of sp³-hybridized carbons (Fsp3) is 0.846. The second-order valence-corrected chi connectivity index (χ2v) is 5.12. The fourth-order valence-corrected chi connectivity index (χ4v) is 2.56. The first-order valence-corrected chi connectivity index (χ1v) is 7.18. The van der Waals surface area contributed by atoms with Crippen LogP contribution in [0.15, 0.2) is 4.52 Å². The quantitative estimate of drug-likeness (QED) is 0.865. The van der Waals surface area contributed by atoms with Crippen LogP contribution in [-0.4, -0.2) is 42.5 Å². The zero-order valence-corrected chi connectivity index (χ0v) is 11.1. The van der Waals surface area contributed by atoms with E-state index in [2.05, 4.69) is 15.5 Å². The summed E-state index contributed by atoms with van der Waals surface area (Å²) < 4.78 is 16.6. The van der Waals surface area contributed by atoms with Crippen molar-refractivity contribution in [3.05, 3.63) is 11.7 Å². The number of aromatic nitrogens is 2. The van der Waals surface area contributed by atoms with E-state index in [-0.39, 0.29) is 6.10 Å². The molecule has 1 aromatic heterocycles. The second kappa shape index (κ2) is 6.45. The molecule has 1 N–H and O–H groups in total. The summed E-state index contributed by atoms with van der Waals surface area (Å²) in [6.07, 6.45) is 5.34. The van der Waals surface area contributed by atoms with Crippen LogP contribution in [0.5, 0.6) is 0 Å². The van der Waals surface area contributed by atoms with Crippen LogP contribution in [0.3, 0.4) is 0 Å². The average molecular weight is 267 g/mol. The summed E-state index contributed by atoms with van der Waals surface area (Å²) >= 11 is 0. The second-order valence-electron chi connectivity index (χ2n) is 5.12. The van der Waals surface area contributed by atoms with Crippen LogP contribution in [0.1, 0.15) is 43.5 Å². The molecule has 0 spiro atoms. The molecule has 0 amide bonds. The van der Waals surface area contributed by atoms with E-state index in [9.17, 15) is 0 Å². The zero-order valence-electron chi connectivity index (χ0n) is 11.1. The summed E-state index contributed by atoms with van der Waals surface area (Å²) in [5.41, 5.74) is 0. The molecule has 0 aliphatic carbocycles. The lowest BCUT2D eigenvalue weighted by atomic mass is 10.1. The van der Waals surface area contributed by atoms with Crippen molar-refractivity contribution in [2.75, 3.05) is 26.3 Å². The Morgan fingerprint density at radius 2 is 2.16 bits per heavy atom. The van der Waals surface area contributed by atoms with Crippen molar-refractivity contribution in [2.45, 2.75) is 44.3 Å². The van der Waals surface area contributed by atoms with Gasteiger partial charge in [-0.3, -0.25) is 0 Å². The third-order valence-corrected chi connectivity index (χ3v) is 3.66. The molecule has 2 fully saturated rings. The van der Waals surface area contributed by atoms with Crippen LogP contribution in [0.25, 0.3) is 0 Å². The predicted molar refractivity (Wildman–Crippen MR) is 67.8 cm³/mol. The van der Waals surface area contributed by atoms with E-state index in [1.54, 1.807) is 0 Å². The van der Waals surface area contributed by atoms with Crippen molar-refractivity contribution in [2.24, 2.45) is 0 Å². The van der Waals surface area contributed by atoms with Gasteiger partial charge in [-0.1, -0.05) is 5.16 Å². The van der Waals surface area contributed by atoms with Crippen molar-refractivity contribution in [1.82, 2.24) is 15.5 Å². The number of nitrogens with zero attached hydrogens (tertiary/aromatic N) is 2. The molecule has 6 nitrogen and oxygen atoms in total. The molecule has 0 saturated carbocycles. The lowest BCUT2D eigenvalue weighted by Crippen LogP contribution is -2.32. The van der Waals surface area contributed by atoms with Crippen molar-refractivity contribution < 1.29 is 14.0 Å². The van der Waals surface area contributed by atoms with Gasteiger partial charge in [0, 0.05) is 6.61 Å². The minimum absolute atomic E-state index is 0.0304. The van der Waals surface area contributed by atoms with Gasteiger partial charge in [-0.15, -0.1) is 0 Å². The van der Waals surface area contributed by atoms with Crippen LogP contribution in [0, 0.1) is 0 Å². The van der Waals surface area contributed by atoms with Gasteiger partial charge in [0.15, 0.2) is 0 Å². The molecule has 6 heteroatoms. The first-order chi connectivity index (χ1) is 9.42. The van der Waals surface area contributed by atoms with Gasteiger partial charge in [-0.25, -0.2) is 0 Å². The van der Waals surface area contributed by atoms with Crippen LogP contribution in [0.4, 0.5) is 0 Å². The van der Waals surface area contributed by atoms with Crippen LogP contribution in [-0.2, 0) is 15.9 Å². The molecule has 1 unspecified atom stereocenters. The lowest BCUT2D eigenvalue weighted by molar-refractivity contribution is 0.0322. The van der Waals surface area contributed by atoms with E-state index >= 15 is 0 Å². The smallest absolute Gasteiger partial charge is 0.229 e. The highest BCUT2D eigenvalue weighted by Gasteiger charge is 2.23. The van der Waals surface area contributed by atoms with E-state index in [4.69, 9.17) is 14.0 Å². The Hall–Kier alpha value is -0.980. The van der Waals surface area contributed by atoms with Gasteiger partial charge >= 0.3 is 0 Å². The summed E-state index contributed by atoms with van der Waals surface area (Å²) in [5.74, 6) is 1.34. The highest BCUT2D eigenvalue weighted by molar-refractivity contribution is 4.93. The molecule has 0 aromatic carbocycles. The van der Waals surface area contributed by atoms with Crippen LogP contribution in [0.2, 0.25) is 0 Å². The summed E-state index contributed by atoms with van der Waals surface area (Å²) in [6.45, 7) is 3.55. The molecule has 0 bridgehead atoms. The van der Waals surface area contributed by atoms with E-state index in [1.807, 2.05) is 0 Å². The van der Waals surface area contributed by atoms with Crippen LogP contribution >= 0.6 is 0 Å². The fourth-order valence-electron chi connectivity index (χ4n) is 2.56. The Bertz CT molecular complexity index is 384. The van der Waals surface area contributed by atoms with Gasteiger partial charge in [0.1, 0.15) is 6.10 Å². The van der Waals surface area contributed by atoms with E-state index in [0.717, 1.165) is 45.4 Å².